The Morgan fingerprint density at radius 3 is 2.58 bits per heavy atom. The van der Waals surface area contributed by atoms with Crippen molar-refractivity contribution in [3.8, 4) is 17.1 Å². The minimum atomic E-state index is -4.66. The van der Waals surface area contributed by atoms with Crippen LogP contribution in [0.3, 0.4) is 0 Å². The maximum absolute atomic E-state index is 13.4. The van der Waals surface area contributed by atoms with Gasteiger partial charge in [-0.1, -0.05) is 24.3 Å². The molecular weight excluding hydrogens is 509 g/mol. The molecule has 0 aliphatic carbocycles. The van der Waals surface area contributed by atoms with E-state index in [1.807, 2.05) is 0 Å². The number of benzene rings is 3. The molecule has 0 aliphatic heterocycles. The summed E-state index contributed by atoms with van der Waals surface area (Å²) in [4.78, 5) is 39.5. The minimum absolute atomic E-state index is 0.0534. The minimum Gasteiger partial charge on any atom is -0.479 e. The van der Waals surface area contributed by atoms with Gasteiger partial charge in [-0.15, -0.1) is 0 Å². The molecule has 38 heavy (non-hydrogen) atoms. The number of rotatable bonds is 7. The predicted molar refractivity (Wildman–Crippen MR) is 130 cm³/mol. The zero-order chi connectivity index (χ0) is 27.6. The van der Waals surface area contributed by atoms with Crippen molar-refractivity contribution in [3.05, 3.63) is 98.3 Å². The van der Waals surface area contributed by atoms with Crippen LogP contribution in [0.2, 0.25) is 0 Å². The number of hydrogen-bond acceptors (Lipinski definition) is 7. The molecule has 10 nitrogen and oxygen atoms in total. The largest absolute Gasteiger partial charge is 0.479 e. The summed E-state index contributed by atoms with van der Waals surface area (Å²) in [6, 6.07) is 13.7. The van der Waals surface area contributed by atoms with Crippen molar-refractivity contribution >= 4 is 28.8 Å². The zero-order valence-corrected chi connectivity index (χ0v) is 19.4. The van der Waals surface area contributed by atoms with Crippen LogP contribution in [0.4, 0.5) is 18.9 Å². The summed E-state index contributed by atoms with van der Waals surface area (Å²) in [5, 5.41) is 24.7. The molecule has 0 saturated carbocycles. The number of carboxylic acid groups (broad SMARTS) is 1. The van der Waals surface area contributed by atoms with E-state index in [4.69, 9.17) is 9.84 Å². The fraction of sp³-hybridized carbons (Fsp3) is 0.120. The number of aliphatic carboxylic acids is 1. The molecule has 194 valence electrons. The molecule has 0 saturated heterocycles. The number of nitrogens with zero attached hydrogens (tertiary/aromatic N) is 4. The standard InChI is InChI=1S/C25H17F3N4O6/c1-14(24(34)35)38-21-10-9-18(32(36)37)12-16(21)13-29-31-22(15-5-4-6-17(11-15)25(26,27)28)30-20-8-3-2-7-19(20)23(31)33/h2-14H,1H3,(H,34,35)/t14-/m1/s1. The predicted octanol–water partition coefficient (Wildman–Crippen LogP) is 4.72. The van der Waals surface area contributed by atoms with Crippen molar-refractivity contribution in [1.29, 1.82) is 0 Å². The Kier molecular flexibility index (Phi) is 6.93. The SMILES string of the molecule is C[C@@H](Oc1ccc([N+](=O)[O-])cc1C=Nn1c(-c2cccc(C(F)(F)F)c2)nc2ccccc2c1=O)C(=O)O. The van der Waals surface area contributed by atoms with Gasteiger partial charge in [0.1, 0.15) is 5.75 Å². The topological polar surface area (TPSA) is 137 Å². The van der Waals surface area contributed by atoms with Crippen LogP contribution < -0.4 is 10.3 Å². The third kappa shape index (κ3) is 5.36. The van der Waals surface area contributed by atoms with Gasteiger partial charge in [-0.25, -0.2) is 9.78 Å². The van der Waals surface area contributed by atoms with E-state index in [9.17, 15) is 32.9 Å². The first kappa shape index (κ1) is 26.0. The lowest BCUT2D eigenvalue weighted by molar-refractivity contribution is -0.384. The van der Waals surface area contributed by atoms with Crippen molar-refractivity contribution in [2.75, 3.05) is 0 Å². The average Bonchev–Trinajstić information content (AvgIpc) is 2.88. The lowest BCUT2D eigenvalue weighted by atomic mass is 10.1. The summed E-state index contributed by atoms with van der Waals surface area (Å²) >= 11 is 0. The second-order valence-corrected chi connectivity index (χ2v) is 7.97. The van der Waals surface area contributed by atoms with Gasteiger partial charge in [0.2, 0.25) is 0 Å². The van der Waals surface area contributed by atoms with Crippen LogP contribution in [-0.2, 0) is 11.0 Å². The molecule has 0 fully saturated rings. The molecule has 0 aliphatic rings. The van der Waals surface area contributed by atoms with Crippen LogP contribution in [0, 0.1) is 10.1 Å². The van der Waals surface area contributed by atoms with Crippen LogP contribution in [0.25, 0.3) is 22.3 Å². The molecule has 1 N–H and O–H groups in total. The van der Waals surface area contributed by atoms with Crippen molar-refractivity contribution in [3.63, 3.8) is 0 Å². The highest BCUT2D eigenvalue weighted by atomic mass is 19.4. The van der Waals surface area contributed by atoms with Crippen molar-refractivity contribution in [2.45, 2.75) is 19.2 Å². The molecule has 0 bridgehead atoms. The van der Waals surface area contributed by atoms with E-state index >= 15 is 0 Å². The average molecular weight is 526 g/mol. The number of alkyl halides is 3. The smallest absolute Gasteiger partial charge is 0.416 e. The molecule has 4 aromatic rings. The molecule has 1 heterocycles. The van der Waals surface area contributed by atoms with Gasteiger partial charge in [-0.3, -0.25) is 14.9 Å². The van der Waals surface area contributed by atoms with Gasteiger partial charge >= 0.3 is 12.1 Å². The Balaban J connectivity index is 1.92. The highest BCUT2D eigenvalue weighted by molar-refractivity contribution is 5.86. The molecule has 3 aromatic carbocycles. The summed E-state index contributed by atoms with van der Waals surface area (Å²) in [6.45, 7) is 1.24. The Bertz CT molecular complexity index is 1650. The Labute approximate surface area is 211 Å². The van der Waals surface area contributed by atoms with Crippen LogP contribution in [-0.4, -0.2) is 38.0 Å². The number of ether oxygens (including phenoxy) is 1. The third-order valence-corrected chi connectivity index (χ3v) is 5.37. The number of nitro groups is 1. The van der Waals surface area contributed by atoms with Gasteiger partial charge in [0.25, 0.3) is 11.2 Å². The highest BCUT2D eigenvalue weighted by Crippen LogP contribution is 2.32. The zero-order valence-electron chi connectivity index (χ0n) is 19.4. The van der Waals surface area contributed by atoms with Gasteiger partial charge in [0.15, 0.2) is 11.9 Å². The summed E-state index contributed by atoms with van der Waals surface area (Å²) in [5.41, 5.74) is -1.96. The highest BCUT2D eigenvalue weighted by Gasteiger charge is 2.31. The maximum Gasteiger partial charge on any atom is 0.416 e. The lowest BCUT2D eigenvalue weighted by Gasteiger charge is -2.13. The second kappa shape index (κ2) is 10.1. The molecule has 0 spiro atoms. The molecule has 0 amide bonds. The lowest BCUT2D eigenvalue weighted by Crippen LogP contribution is -2.23. The van der Waals surface area contributed by atoms with E-state index in [0.717, 1.165) is 41.2 Å². The summed E-state index contributed by atoms with van der Waals surface area (Å²) in [7, 11) is 0. The summed E-state index contributed by atoms with van der Waals surface area (Å²) < 4.78 is 46.2. The normalized spacial score (nSPS) is 12.5. The number of aromatic nitrogens is 2. The molecule has 0 radical (unpaired) electrons. The van der Waals surface area contributed by atoms with Gasteiger partial charge in [0, 0.05) is 23.3 Å². The van der Waals surface area contributed by atoms with E-state index in [2.05, 4.69) is 10.1 Å². The molecule has 1 atom stereocenters. The van der Waals surface area contributed by atoms with Crippen molar-refractivity contribution in [2.24, 2.45) is 5.10 Å². The van der Waals surface area contributed by atoms with Crippen LogP contribution >= 0.6 is 0 Å². The number of non-ortho nitro benzene ring substituents is 1. The monoisotopic (exact) mass is 526 g/mol. The van der Waals surface area contributed by atoms with E-state index in [0.29, 0.717) is 0 Å². The van der Waals surface area contributed by atoms with Gasteiger partial charge in [-0.05, 0) is 37.3 Å². The maximum atomic E-state index is 13.4. The molecule has 0 unspecified atom stereocenters. The molecule has 13 heteroatoms. The Morgan fingerprint density at radius 1 is 1.16 bits per heavy atom. The Morgan fingerprint density at radius 2 is 1.89 bits per heavy atom. The number of carboxylic acids is 1. The summed E-state index contributed by atoms with van der Waals surface area (Å²) in [6.07, 6.45) is -4.97. The van der Waals surface area contributed by atoms with Gasteiger partial charge < -0.3 is 9.84 Å². The van der Waals surface area contributed by atoms with Crippen molar-refractivity contribution in [1.82, 2.24) is 9.66 Å². The number of hydrogen-bond donors (Lipinski definition) is 1. The van der Waals surface area contributed by atoms with Crippen LogP contribution in [0.5, 0.6) is 5.75 Å². The number of carbonyl (C=O) groups is 1. The quantitative estimate of drug-likeness (QED) is 0.209. The second-order valence-electron chi connectivity index (χ2n) is 7.97. The van der Waals surface area contributed by atoms with Crippen molar-refractivity contribution < 1.29 is 32.7 Å². The number of halogens is 3. The van der Waals surface area contributed by atoms with Crippen LogP contribution in [0.1, 0.15) is 18.1 Å². The first-order valence-corrected chi connectivity index (χ1v) is 10.9. The fourth-order valence-electron chi connectivity index (χ4n) is 3.47. The number of nitro benzene ring substituents is 1. The number of fused-ring (bicyclic) bond motifs is 1. The molecular formula is C25H17F3N4O6. The third-order valence-electron chi connectivity index (χ3n) is 5.37. The Hall–Kier alpha value is -5.07. The van der Waals surface area contributed by atoms with Gasteiger partial charge in [0.05, 0.1) is 27.6 Å². The fourth-order valence-corrected chi connectivity index (χ4v) is 3.47. The molecule has 1 aromatic heterocycles. The van der Waals surface area contributed by atoms with E-state index in [1.165, 1.54) is 31.2 Å². The van der Waals surface area contributed by atoms with E-state index in [1.54, 1.807) is 12.1 Å². The first-order valence-electron chi connectivity index (χ1n) is 10.9. The number of para-hydroxylation sites is 1. The van der Waals surface area contributed by atoms with Crippen LogP contribution in [0.15, 0.2) is 76.6 Å². The van der Waals surface area contributed by atoms with E-state index in [-0.39, 0.29) is 39.3 Å². The van der Waals surface area contributed by atoms with Gasteiger partial charge in [-0.2, -0.15) is 22.9 Å². The van der Waals surface area contributed by atoms with E-state index < -0.39 is 34.3 Å². The summed E-state index contributed by atoms with van der Waals surface area (Å²) in [5.74, 6) is -1.60. The molecule has 4 rings (SSSR count). The first-order chi connectivity index (χ1) is 18.0.